The van der Waals surface area contributed by atoms with E-state index < -0.39 is 0 Å². The van der Waals surface area contributed by atoms with Crippen LogP contribution in [0.15, 0.2) is 53.0 Å². The quantitative estimate of drug-likeness (QED) is 0.710. The van der Waals surface area contributed by atoms with Gasteiger partial charge in [-0.3, -0.25) is 9.59 Å². The second kappa shape index (κ2) is 9.34. The van der Waals surface area contributed by atoms with Crippen LogP contribution < -0.4 is 5.32 Å². The van der Waals surface area contributed by atoms with Crippen LogP contribution >= 0.6 is 15.9 Å². The van der Waals surface area contributed by atoms with Crippen LogP contribution in [-0.2, 0) is 16.0 Å². The summed E-state index contributed by atoms with van der Waals surface area (Å²) in [4.78, 5) is 25.9. The Morgan fingerprint density at radius 2 is 1.92 bits per heavy atom. The van der Waals surface area contributed by atoms with Crippen LogP contribution in [0.25, 0.3) is 6.08 Å². The van der Waals surface area contributed by atoms with E-state index in [1.54, 1.807) is 13.1 Å². The minimum absolute atomic E-state index is 0.00368. The molecule has 4 nitrogen and oxygen atoms in total. The van der Waals surface area contributed by atoms with Gasteiger partial charge in [-0.25, -0.2) is 0 Å². The average molecular weight is 415 g/mol. The summed E-state index contributed by atoms with van der Waals surface area (Å²) in [5.74, 6) is -0.442. The molecule has 0 heterocycles. The molecule has 0 atom stereocenters. The highest BCUT2D eigenvalue weighted by atomic mass is 79.9. The molecule has 2 aromatic rings. The Morgan fingerprint density at radius 1 is 1.19 bits per heavy atom. The number of nitrogens with zero attached hydrogens (tertiary/aromatic N) is 1. The van der Waals surface area contributed by atoms with Gasteiger partial charge in [-0.15, -0.1) is 0 Å². The van der Waals surface area contributed by atoms with Crippen LogP contribution in [0.1, 0.15) is 23.6 Å². The first-order chi connectivity index (χ1) is 12.4. The smallest absolute Gasteiger partial charge is 0.246 e. The van der Waals surface area contributed by atoms with Crippen LogP contribution in [0.3, 0.4) is 0 Å². The summed E-state index contributed by atoms with van der Waals surface area (Å²) in [6, 6.07) is 13.6. The van der Waals surface area contributed by atoms with E-state index in [4.69, 9.17) is 0 Å². The van der Waals surface area contributed by atoms with Crippen molar-refractivity contribution in [1.82, 2.24) is 4.90 Å². The summed E-state index contributed by atoms with van der Waals surface area (Å²) in [6.07, 6.45) is 4.05. The van der Waals surface area contributed by atoms with E-state index in [2.05, 4.69) is 21.2 Å². The van der Waals surface area contributed by atoms with Gasteiger partial charge in [-0.1, -0.05) is 53.2 Å². The molecule has 2 rings (SSSR count). The van der Waals surface area contributed by atoms with Gasteiger partial charge in [0.15, 0.2) is 0 Å². The zero-order valence-electron chi connectivity index (χ0n) is 15.3. The summed E-state index contributed by atoms with van der Waals surface area (Å²) in [5.41, 5.74) is 3.92. The minimum atomic E-state index is -0.226. The van der Waals surface area contributed by atoms with Gasteiger partial charge in [-0.05, 0) is 48.2 Å². The SMILES string of the molecule is CCc1ccccc1NC(=O)CN(C)C(=O)/C=C/c1ccc(C)cc1Br. The van der Waals surface area contributed by atoms with E-state index in [1.807, 2.05) is 56.3 Å². The molecule has 2 amide bonds. The molecule has 5 heteroatoms. The fourth-order valence-corrected chi connectivity index (χ4v) is 3.11. The summed E-state index contributed by atoms with van der Waals surface area (Å²) in [6.45, 7) is 4.04. The lowest BCUT2D eigenvalue weighted by atomic mass is 10.1. The minimum Gasteiger partial charge on any atom is -0.333 e. The second-order valence-corrected chi connectivity index (χ2v) is 6.97. The van der Waals surface area contributed by atoms with E-state index in [0.717, 1.165) is 33.3 Å². The Morgan fingerprint density at radius 3 is 2.62 bits per heavy atom. The van der Waals surface area contributed by atoms with E-state index in [0.29, 0.717) is 0 Å². The lowest BCUT2D eigenvalue weighted by molar-refractivity contribution is -0.129. The Balaban J connectivity index is 1.95. The molecule has 136 valence electrons. The van der Waals surface area contributed by atoms with Gasteiger partial charge in [-0.2, -0.15) is 0 Å². The lowest BCUT2D eigenvalue weighted by Crippen LogP contribution is -2.34. The monoisotopic (exact) mass is 414 g/mol. The van der Waals surface area contributed by atoms with Crippen molar-refractivity contribution in [2.75, 3.05) is 18.9 Å². The molecule has 0 unspecified atom stereocenters. The van der Waals surface area contributed by atoms with Gasteiger partial charge < -0.3 is 10.2 Å². The number of aryl methyl sites for hydroxylation is 2. The number of rotatable bonds is 6. The zero-order valence-corrected chi connectivity index (χ0v) is 16.8. The van der Waals surface area contributed by atoms with Gasteiger partial charge >= 0.3 is 0 Å². The number of amides is 2. The van der Waals surface area contributed by atoms with Crippen LogP contribution in [0, 0.1) is 6.92 Å². The maximum atomic E-state index is 12.2. The largest absolute Gasteiger partial charge is 0.333 e. The predicted octanol–water partition coefficient (Wildman–Crippen LogP) is 4.43. The fourth-order valence-electron chi connectivity index (χ4n) is 2.49. The van der Waals surface area contributed by atoms with E-state index in [1.165, 1.54) is 11.0 Å². The molecule has 2 aromatic carbocycles. The first-order valence-corrected chi connectivity index (χ1v) is 9.27. The highest BCUT2D eigenvalue weighted by Gasteiger charge is 2.12. The molecule has 1 N–H and O–H groups in total. The Bertz CT molecular complexity index is 831. The van der Waals surface area contributed by atoms with Gasteiger partial charge in [0.05, 0.1) is 6.54 Å². The van der Waals surface area contributed by atoms with E-state index in [9.17, 15) is 9.59 Å². The Kier molecular flexibility index (Phi) is 7.16. The molecular weight excluding hydrogens is 392 g/mol. The third-order valence-corrected chi connectivity index (χ3v) is 4.68. The van der Waals surface area contributed by atoms with Crippen molar-refractivity contribution in [3.8, 4) is 0 Å². The number of benzene rings is 2. The third kappa shape index (κ3) is 5.56. The normalized spacial score (nSPS) is 10.8. The van der Waals surface area contributed by atoms with Crippen molar-refractivity contribution in [2.24, 2.45) is 0 Å². The summed E-state index contributed by atoms with van der Waals surface area (Å²) < 4.78 is 0.929. The van der Waals surface area contributed by atoms with Crippen molar-refractivity contribution in [1.29, 1.82) is 0 Å². The summed E-state index contributed by atoms with van der Waals surface area (Å²) in [7, 11) is 1.61. The molecular formula is C21H23BrN2O2. The van der Waals surface area contributed by atoms with Gasteiger partial charge in [0.2, 0.25) is 11.8 Å². The number of anilines is 1. The Labute approximate surface area is 163 Å². The van der Waals surface area contributed by atoms with Crippen molar-refractivity contribution in [2.45, 2.75) is 20.3 Å². The van der Waals surface area contributed by atoms with Crippen molar-refractivity contribution >= 4 is 39.5 Å². The molecule has 26 heavy (non-hydrogen) atoms. The van der Waals surface area contributed by atoms with Crippen molar-refractivity contribution < 1.29 is 9.59 Å². The van der Waals surface area contributed by atoms with Crippen LogP contribution in [-0.4, -0.2) is 30.3 Å². The summed E-state index contributed by atoms with van der Waals surface area (Å²) in [5, 5.41) is 2.87. The third-order valence-electron chi connectivity index (χ3n) is 3.99. The maximum absolute atomic E-state index is 12.2. The number of carbonyl (C=O) groups is 2. The number of hydrogen-bond acceptors (Lipinski definition) is 2. The van der Waals surface area contributed by atoms with Crippen molar-refractivity contribution in [3.05, 3.63) is 69.7 Å². The highest BCUT2D eigenvalue weighted by Crippen LogP contribution is 2.19. The highest BCUT2D eigenvalue weighted by molar-refractivity contribution is 9.10. The first-order valence-electron chi connectivity index (χ1n) is 8.47. The van der Waals surface area contributed by atoms with E-state index in [-0.39, 0.29) is 18.4 Å². The molecule has 0 saturated heterocycles. The van der Waals surface area contributed by atoms with Gasteiger partial charge in [0.1, 0.15) is 0 Å². The fraction of sp³-hybridized carbons (Fsp3) is 0.238. The second-order valence-electron chi connectivity index (χ2n) is 6.11. The standard InChI is InChI=1S/C21H23BrN2O2/c1-4-16-7-5-6-8-19(16)23-20(25)14-24(3)21(26)12-11-17-10-9-15(2)13-18(17)22/h5-13H,4,14H2,1-3H3,(H,23,25)/b12-11+. The summed E-state index contributed by atoms with van der Waals surface area (Å²) >= 11 is 3.48. The molecule has 0 aromatic heterocycles. The zero-order chi connectivity index (χ0) is 19.1. The topological polar surface area (TPSA) is 49.4 Å². The molecule has 0 radical (unpaired) electrons. The molecule has 0 saturated carbocycles. The van der Waals surface area contributed by atoms with Crippen LogP contribution in [0.2, 0.25) is 0 Å². The van der Waals surface area contributed by atoms with E-state index >= 15 is 0 Å². The molecule has 0 aliphatic carbocycles. The van der Waals surface area contributed by atoms with Crippen LogP contribution in [0.5, 0.6) is 0 Å². The number of para-hydroxylation sites is 1. The number of halogens is 1. The number of hydrogen-bond donors (Lipinski definition) is 1. The van der Waals surface area contributed by atoms with Gasteiger partial charge in [0, 0.05) is 23.3 Å². The Hall–Kier alpha value is -2.40. The predicted molar refractivity (Wildman–Crippen MR) is 110 cm³/mol. The lowest BCUT2D eigenvalue weighted by Gasteiger charge is -2.16. The number of carbonyl (C=O) groups excluding carboxylic acids is 2. The molecule has 0 bridgehead atoms. The molecule has 0 fully saturated rings. The molecule has 0 spiro atoms. The molecule has 0 aliphatic heterocycles. The average Bonchev–Trinajstić information content (AvgIpc) is 2.61. The van der Waals surface area contributed by atoms with Gasteiger partial charge in [0.25, 0.3) is 0 Å². The number of likely N-dealkylation sites (N-methyl/N-ethyl adjacent to an activating group) is 1. The first kappa shape index (κ1) is 19.9. The maximum Gasteiger partial charge on any atom is 0.246 e. The van der Waals surface area contributed by atoms with Crippen LogP contribution in [0.4, 0.5) is 5.69 Å². The van der Waals surface area contributed by atoms with Crippen molar-refractivity contribution in [3.63, 3.8) is 0 Å². The molecule has 0 aliphatic rings. The number of nitrogens with one attached hydrogen (secondary N) is 1.